The van der Waals surface area contributed by atoms with Crippen molar-refractivity contribution in [3.8, 4) is 0 Å². The molecule has 0 fully saturated rings. The quantitative estimate of drug-likeness (QED) is 0.793. The molecule has 0 saturated carbocycles. The molecule has 7 nitrogen and oxygen atoms in total. The highest BCUT2D eigenvalue weighted by Gasteiger charge is 2.11. The zero-order valence-electron chi connectivity index (χ0n) is 12.3. The summed E-state index contributed by atoms with van der Waals surface area (Å²) in [5.74, 6) is -0.208. The van der Waals surface area contributed by atoms with Crippen LogP contribution < -0.4 is 5.32 Å². The van der Waals surface area contributed by atoms with Crippen molar-refractivity contribution in [3.63, 3.8) is 0 Å². The lowest BCUT2D eigenvalue weighted by molar-refractivity contribution is 0.0931. The van der Waals surface area contributed by atoms with E-state index < -0.39 is 0 Å². The first-order chi connectivity index (χ1) is 10.0. The lowest BCUT2D eigenvalue weighted by atomic mass is 10.4. The van der Waals surface area contributed by atoms with Crippen LogP contribution in [-0.4, -0.2) is 45.7 Å². The normalized spacial score (nSPS) is 10.9. The molecule has 0 aliphatic carbocycles. The van der Waals surface area contributed by atoms with Crippen molar-refractivity contribution in [2.75, 3.05) is 20.3 Å². The maximum atomic E-state index is 11.8. The SMILES string of the molecule is COCCNC(=O)c1ccn(Cn2nc(C)c(Br)c2C)n1. The highest BCUT2D eigenvalue weighted by molar-refractivity contribution is 9.10. The van der Waals surface area contributed by atoms with E-state index in [1.807, 2.05) is 18.5 Å². The number of ether oxygens (including phenoxy) is 1. The number of halogens is 1. The zero-order valence-corrected chi connectivity index (χ0v) is 13.8. The van der Waals surface area contributed by atoms with Crippen molar-refractivity contribution < 1.29 is 9.53 Å². The summed E-state index contributed by atoms with van der Waals surface area (Å²) >= 11 is 3.49. The first kappa shape index (κ1) is 15.7. The van der Waals surface area contributed by atoms with Gasteiger partial charge in [-0.05, 0) is 35.8 Å². The van der Waals surface area contributed by atoms with Gasteiger partial charge in [0.25, 0.3) is 5.91 Å². The Morgan fingerprint density at radius 3 is 2.81 bits per heavy atom. The summed E-state index contributed by atoms with van der Waals surface area (Å²) in [4.78, 5) is 11.8. The van der Waals surface area contributed by atoms with Crippen molar-refractivity contribution in [1.82, 2.24) is 24.9 Å². The van der Waals surface area contributed by atoms with Crippen molar-refractivity contribution in [2.45, 2.75) is 20.5 Å². The third-order valence-electron chi connectivity index (χ3n) is 3.04. The van der Waals surface area contributed by atoms with Gasteiger partial charge in [-0.15, -0.1) is 0 Å². The molecule has 2 aromatic heterocycles. The molecule has 8 heteroatoms. The number of hydrogen-bond acceptors (Lipinski definition) is 4. The Hall–Kier alpha value is -1.67. The number of carbonyl (C=O) groups excluding carboxylic acids is 1. The van der Waals surface area contributed by atoms with Crippen LogP contribution in [0.1, 0.15) is 21.9 Å². The minimum absolute atomic E-state index is 0.208. The van der Waals surface area contributed by atoms with Gasteiger partial charge in [-0.25, -0.2) is 4.68 Å². The summed E-state index contributed by atoms with van der Waals surface area (Å²) in [6.45, 7) is 5.32. The topological polar surface area (TPSA) is 74.0 Å². The van der Waals surface area contributed by atoms with E-state index >= 15 is 0 Å². The van der Waals surface area contributed by atoms with Crippen LogP contribution in [0.2, 0.25) is 0 Å². The standard InChI is InChI=1S/C13H18BrN5O2/c1-9-12(14)10(2)19(16-9)8-18-6-4-11(17-18)13(20)15-5-7-21-3/h4,6H,5,7-8H2,1-3H3,(H,15,20). The fourth-order valence-corrected chi connectivity index (χ4v) is 2.15. The summed E-state index contributed by atoms with van der Waals surface area (Å²) in [5, 5.41) is 11.4. The van der Waals surface area contributed by atoms with Crippen molar-refractivity contribution in [3.05, 3.63) is 33.8 Å². The molecule has 0 aromatic carbocycles. The first-order valence-corrected chi connectivity index (χ1v) is 7.32. The number of methoxy groups -OCH3 is 1. The van der Waals surface area contributed by atoms with E-state index in [4.69, 9.17) is 4.74 Å². The Kier molecular flexibility index (Phi) is 5.13. The third kappa shape index (κ3) is 3.70. The predicted molar refractivity (Wildman–Crippen MR) is 81.2 cm³/mol. The molecule has 114 valence electrons. The molecule has 0 unspecified atom stereocenters. The number of hydrogen-bond donors (Lipinski definition) is 1. The van der Waals surface area contributed by atoms with Gasteiger partial charge in [0.2, 0.25) is 0 Å². The third-order valence-corrected chi connectivity index (χ3v) is 4.18. The molecule has 0 aliphatic rings. The van der Waals surface area contributed by atoms with Crippen LogP contribution in [0.4, 0.5) is 0 Å². The van der Waals surface area contributed by atoms with Crippen molar-refractivity contribution >= 4 is 21.8 Å². The second-order valence-electron chi connectivity index (χ2n) is 4.61. The lowest BCUT2D eigenvalue weighted by Gasteiger charge is -2.05. The van der Waals surface area contributed by atoms with Gasteiger partial charge in [-0.1, -0.05) is 0 Å². The van der Waals surface area contributed by atoms with Gasteiger partial charge in [0.15, 0.2) is 0 Å². The van der Waals surface area contributed by atoms with E-state index in [9.17, 15) is 4.79 Å². The van der Waals surface area contributed by atoms with Crippen LogP contribution in [0.25, 0.3) is 0 Å². The Bertz CT molecular complexity index is 635. The van der Waals surface area contributed by atoms with Crippen molar-refractivity contribution in [1.29, 1.82) is 0 Å². The number of rotatable bonds is 6. The number of amides is 1. The fourth-order valence-electron chi connectivity index (χ4n) is 1.87. The zero-order chi connectivity index (χ0) is 15.4. The molecule has 0 radical (unpaired) electrons. The van der Waals surface area contributed by atoms with Gasteiger partial charge in [0.05, 0.1) is 22.5 Å². The molecule has 1 N–H and O–H groups in total. The molecule has 0 atom stereocenters. The number of nitrogens with zero attached hydrogens (tertiary/aromatic N) is 4. The van der Waals surface area contributed by atoms with Gasteiger partial charge in [0, 0.05) is 19.9 Å². The van der Waals surface area contributed by atoms with Gasteiger partial charge < -0.3 is 10.1 Å². The average molecular weight is 356 g/mol. The minimum Gasteiger partial charge on any atom is -0.383 e. The molecule has 0 bridgehead atoms. The summed E-state index contributed by atoms with van der Waals surface area (Å²) < 4.78 is 9.39. The van der Waals surface area contributed by atoms with E-state index in [0.717, 1.165) is 15.9 Å². The largest absolute Gasteiger partial charge is 0.383 e. The predicted octanol–water partition coefficient (Wildman–Crippen LogP) is 1.34. The number of aromatic nitrogens is 4. The summed E-state index contributed by atoms with van der Waals surface area (Å²) in [5.41, 5.74) is 2.33. The van der Waals surface area contributed by atoms with Crippen LogP contribution >= 0.6 is 15.9 Å². The second-order valence-corrected chi connectivity index (χ2v) is 5.41. The molecule has 2 heterocycles. The molecular formula is C13H18BrN5O2. The molecular weight excluding hydrogens is 338 g/mol. The maximum absolute atomic E-state index is 11.8. The van der Waals surface area contributed by atoms with Crippen LogP contribution in [0.15, 0.2) is 16.7 Å². The van der Waals surface area contributed by atoms with E-state index in [1.165, 1.54) is 0 Å². The summed E-state index contributed by atoms with van der Waals surface area (Å²) in [6, 6.07) is 1.68. The molecule has 1 amide bonds. The monoisotopic (exact) mass is 355 g/mol. The number of carbonyl (C=O) groups is 1. The summed E-state index contributed by atoms with van der Waals surface area (Å²) in [6.07, 6.45) is 1.76. The Balaban J connectivity index is 2.03. The maximum Gasteiger partial charge on any atom is 0.271 e. The van der Waals surface area contributed by atoms with E-state index in [0.29, 0.717) is 25.5 Å². The molecule has 0 aliphatic heterocycles. The highest BCUT2D eigenvalue weighted by Crippen LogP contribution is 2.19. The van der Waals surface area contributed by atoms with Crippen LogP contribution in [-0.2, 0) is 11.4 Å². The van der Waals surface area contributed by atoms with Crippen LogP contribution in [0, 0.1) is 13.8 Å². The summed E-state index contributed by atoms with van der Waals surface area (Å²) in [7, 11) is 1.59. The van der Waals surface area contributed by atoms with E-state index in [-0.39, 0.29) is 5.91 Å². The van der Waals surface area contributed by atoms with Gasteiger partial charge in [-0.2, -0.15) is 10.2 Å². The minimum atomic E-state index is -0.208. The van der Waals surface area contributed by atoms with Gasteiger partial charge in [0.1, 0.15) is 12.4 Å². The second kappa shape index (κ2) is 6.86. The Morgan fingerprint density at radius 2 is 2.19 bits per heavy atom. The smallest absolute Gasteiger partial charge is 0.271 e. The van der Waals surface area contributed by atoms with E-state index in [2.05, 4.69) is 31.4 Å². The Morgan fingerprint density at radius 1 is 1.43 bits per heavy atom. The molecule has 2 rings (SSSR count). The first-order valence-electron chi connectivity index (χ1n) is 6.53. The Labute approximate surface area is 131 Å². The van der Waals surface area contributed by atoms with Gasteiger partial charge >= 0.3 is 0 Å². The van der Waals surface area contributed by atoms with Gasteiger partial charge in [-0.3, -0.25) is 9.48 Å². The molecule has 0 saturated heterocycles. The van der Waals surface area contributed by atoms with Crippen LogP contribution in [0.3, 0.4) is 0 Å². The molecule has 0 spiro atoms. The average Bonchev–Trinajstić information content (AvgIpc) is 3.01. The lowest BCUT2D eigenvalue weighted by Crippen LogP contribution is -2.27. The molecule has 2 aromatic rings. The van der Waals surface area contributed by atoms with E-state index in [1.54, 1.807) is 24.1 Å². The highest BCUT2D eigenvalue weighted by atomic mass is 79.9. The number of aryl methyl sites for hydroxylation is 1. The van der Waals surface area contributed by atoms with Crippen molar-refractivity contribution in [2.24, 2.45) is 0 Å². The fraction of sp³-hybridized carbons (Fsp3) is 0.462. The van der Waals surface area contributed by atoms with Crippen LogP contribution in [0.5, 0.6) is 0 Å². The molecule has 21 heavy (non-hydrogen) atoms. The number of nitrogens with one attached hydrogen (secondary N) is 1.